The second-order valence-electron chi connectivity index (χ2n) is 7.67. The maximum Gasteiger partial charge on any atom is 0.255 e. The van der Waals surface area contributed by atoms with E-state index in [0.717, 1.165) is 27.5 Å². The maximum absolute atomic E-state index is 12.6. The Morgan fingerprint density at radius 2 is 1.74 bits per heavy atom. The molecule has 156 valence electrons. The molecule has 3 aromatic carbocycles. The fourth-order valence-electron chi connectivity index (χ4n) is 3.04. The molecular weight excluding hydrogens is 404 g/mol. The van der Waals surface area contributed by atoms with Gasteiger partial charge in [0.2, 0.25) is 0 Å². The average Bonchev–Trinajstić information content (AvgIpc) is 3.29. The summed E-state index contributed by atoms with van der Waals surface area (Å²) in [5.41, 5.74) is 4.36. The Hall–Kier alpha value is -3.44. The van der Waals surface area contributed by atoms with Gasteiger partial charge >= 0.3 is 0 Å². The molecule has 4 nitrogen and oxygen atoms in total. The molecule has 0 saturated heterocycles. The van der Waals surface area contributed by atoms with Gasteiger partial charge in [0.1, 0.15) is 10.8 Å². The minimum absolute atomic E-state index is 0.164. The first-order valence-electron chi connectivity index (χ1n) is 10.2. The zero-order valence-electron chi connectivity index (χ0n) is 17.5. The van der Waals surface area contributed by atoms with Crippen molar-refractivity contribution in [3.63, 3.8) is 0 Å². The van der Waals surface area contributed by atoms with Crippen LogP contribution in [0.15, 0.2) is 84.2 Å². The van der Waals surface area contributed by atoms with Gasteiger partial charge < -0.3 is 10.1 Å². The lowest BCUT2D eigenvalue weighted by atomic mass is 10.1. The predicted molar refractivity (Wildman–Crippen MR) is 128 cm³/mol. The highest BCUT2D eigenvalue weighted by molar-refractivity contribution is 7.13. The van der Waals surface area contributed by atoms with E-state index in [0.29, 0.717) is 23.8 Å². The summed E-state index contributed by atoms with van der Waals surface area (Å²) in [4.78, 5) is 17.4. The summed E-state index contributed by atoms with van der Waals surface area (Å²) in [6.07, 6.45) is 0. The van der Waals surface area contributed by atoms with Crippen molar-refractivity contribution in [3.8, 4) is 27.6 Å². The molecule has 0 radical (unpaired) electrons. The molecule has 1 aromatic heterocycles. The zero-order chi connectivity index (χ0) is 21.6. The van der Waals surface area contributed by atoms with E-state index in [9.17, 15) is 4.79 Å². The normalized spacial score (nSPS) is 10.8. The van der Waals surface area contributed by atoms with Crippen molar-refractivity contribution in [2.75, 3.05) is 11.9 Å². The summed E-state index contributed by atoms with van der Waals surface area (Å²) in [6.45, 7) is 4.80. The Balaban J connectivity index is 1.43. The second-order valence-corrected chi connectivity index (χ2v) is 8.53. The molecule has 4 rings (SSSR count). The molecule has 0 bridgehead atoms. The van der Waals surface area contributed by atoms with Crippen LogP contribution in [0.5, 0.6) is 5.75 Å². The summed E-state index contributed by atoms with van der Waals surface area (Å²) < 4.78 is 5.72. The van der Waals surface area contributed by atoms with E-state index >= 15 is 0 Å². The number of benzene rings is 3. The molecule has 5 heteroatoms. The largest absolute Gasteiger partial charge is 0.493 e. The first-order chi connectivity index (χ1) is 15.1. The Morgan fingerprint density at radius 3 is 2.48 bits per heavy atom. The number of aromatic nitrogens is 1. The zero-order valence-corrected chi connectivity index (χ0v) is 18.4. The molecule has 1 heterocycles. The van der Waals surface area contributed by atoms with Crippen LogP contribution in [0.1, 0.15) is 24.2 Å². The van der Waals surface area contributed by atoms with Gasteiger partial charge in [-0.3, -0.25) is 4.79 Å². The lowest BCUT2D eigenvalue weighted by Crippen LogP contribution is -2.12. The Morgan fingerprint density at radius 1 is 0.968 bits per heavy atom. The van der Waals surface area contributed by atoms with Gasteiger partial charge in [-0.05, 0) is 36.2 Å². The highest BCUT2D eigenvalue weighted by Crippen LogP contribution is 2.29. The first kappa shape index (κ1) is 20.8. The third kappa shape index (κ3) is 5.38. The molecule has 0 atom stereocenters. The highest BCUT2D eigenvalue weighted by atomic mass is 32.1. The number of nitrogens with one attached hydrogen (secondary N) is 1. The van der Waals surface area contributed by atoms with Gasteiger partial charge in [0, 0.05) is 27.8 Å². The van der Waals surface area contributed by atoms with Gasteiger partial charge in [0.05, 0.1) is 12.3 Å². The van der Waals surface area contributed by atoms with Gasteiger partial charge in [0.25, 0.3) is 5.91 Å². The SMILES string of the molecule is CC(C)COc1cccc(C(=O)Nc2ccc(-c3csc(-c4ccccc4)n3)cc2)c1. The van der Waals surface area contributed by atoms with E-state index in [1.54, 1.807) is 23.5 Å². The van der Waals surface area contributed by atoms with Crippen LogP contribution in [0.2, 0.25) is 0 Å². The van der Waals surface area contributed by atoms with Crippen LogP contribution in [-0.2, 0) is 0 Å². The number of carbonyl (C=O) groups is 1. The molecule has 0 aliphatic heterocycles. The van der Waals surface area contributed by atoms with Crippen molar-refractivity contribution in [1.82, 2.24) is 4.98 Å². The lowest BCUT2D eigenvalue weighted by Gasteiger charge is -2.10. The third-order valence-electron chi connectivity index (χ3n) is 4.64. The highest BCUT2D eigenvalue weighted by Gasteiger charge is 2.10. The van der Waals surface area contributed by atoms with E-state index in [4.69, 9.17) is 9.72 Å². The number of anilines is 1. The van der Waals surface area contributed by atoms with Crippen LogP contribution in [0.3, 0.4) is 0 Å². The number of nitrogens with zero attached hydrogens (tertiary/aromatic N) is 1. The van der Waals surface area contributed by atoms with Crippen LogP contribution >= 0.6 is 11.3 Å². The van der Waals surface area contributed by atoms with Crippen molar-refractivity contribution in [2.45, 2.75) is 13.8 Å². The quantitative estimate of drug-likeness (QED) is 0.354. The smallest absolute Gasteiger partial charge is 0.255 e. The van der Waals surface area contributed by atoms with E-state index in [1.807, 2.05) is 54.6 Å². The molecule has 0 saturated carbocycles. The molecule has 31 heavy (non-hydrogen) atoms. The van der Waals surface area contributed by atoms with Crippen LogP contribution in [-0.4, -0.2) is 17.5 Å². The topological polar surface area (TPSA) is 51.2 Å². The van der Waals surface area contributed by atoms with Gasteiger partial charge in [-0.2, -0.15) is 0 Å². The van der Waals surface area contributed by atoms with E-state index in [2.05, 4.69) is 36.7 Å². The van der Waals surface area contributed by atoms with Crippen LogP contribution < -0.4 is 10.1 Å². The predicted octanol–water partition coefficient (Wildman–Crippen LogP) is 6.76. The summed E-state index contributed by atoms with van der Waals surface area (Å²) in [7, 11) is 0. The molecule has 1 N–H and O–H groups in total. The van der Waals surface area contributed by atoms with Crippen molar-refractivity contribution in [1.29, 1.82) is 0 Å². The Labute approximate surface area is 186 Å². The van der Waals surface area contributed by atoms with Crippen LogP contribution in [0.25, 0.3) is 21.8 Å². The lowest BCUT2D eigenvalue weighted by molar-refractivity contribution is 0.102. The summed E-state index contributed by atoms with van der Waals surface area (Å²) >= 11 is 1.62. The van der Waals surface area contributed by atoms with Gasteiger partial charge in [-0.25, -0.2) is 4.98 Å². The molecule has 1 amide bonds. The number of ether oxygens (including phenoxy) is 1. The molecule has 0 unspecified atom stereocenters. The second kappa shape index (κ2) is 9.58. The van der Waals surface area contributed by atoms with Gasteiger partial charge in [-0.1, -0.05) is 62.4 Å². The Bertz CT molecular complexity index is 1150. The van der Waals surface area contributed by atoms with Crippen LogP contribution in [0, 0.1) is 5.92 Å². The fraction of sp³-hybridized carbons (Fsp3) is 0.154. The average molecular weight is 429 g/mol. The fourth-order valence-corrected chi connectivity index (χ4v) is 3.87. The number of carbonyl (C=O) groups excluding carboxylic acids is 1. The standard InChI is InChI=1S/C26H24N2O2S/c1-18(2)16-30-23-10-6-9-21(15-23)25(29)27-22-13-11-19(12-14-22)24-17-31-26(28-24)20-7-4-3-5-8-20/h3-15,17-18H,16H2,1-2H3,(H,27,29). The molecular formula is C26H24N2O2S. The molecule has 4 aromatic rings. The van der Waals surface area contributed by atoms with Crippen LogP contribution in [0.4, 0.5) is 5.69 Å². The summed E-state index contributed by atoms with van der Waals surface area (Å²) in [5.74, 6) is 0.967. The Kier molecular flexibility index (Phi) is 6.43. The molecule has 0 aliphatic carbocycles. The number of amides is 1. The molecule has 0 fully saturated rings. The van der Waals surface area contributed by atoms with Crippen molar-refractivity contribution < 1.29 is 9.53 Å². The monoisotopic (exact) mass is 428 g/mol. The third-order valence-corrected chi connectivity index (χ3v) is 5.53. The number of hydrogen-bond acceptors (Lipinski definition) is 4. The van der Waals surface area contributed by atoms with Crippen molar-refractivity contribution in [3.05, 3.63) is 89.8 Å². The summed E-state index contributed by atoms with van der Waals surface area (Å²) in [6, 6.07) is 25.1. The maximum atomic E-state index is 12.6. The van der Waals surface area contributed by atoms with Gasteiger partial charge in [-0.15, -0.1) is 11.3 Å². The molecule has 0 spiro atoms. The van der Waals surface area contributed by atoms with Gasteiger partial charge in [0.15, 0.2) is 0 Å². The number of hydrogen-bond donors (Lipinski definition) is 1. The van der Waals surface area contributed by atoms with E-state index in [-0.39, 0.29) is 5.91 Å². The first-order valence-corrected chi connectivity index (χ1v) is 11.1. The van der Waals surface area contributed by atoms with E-state index in [1.165, 1.54) is 0 Å². The number of thiazole rings is 1. The summed E-state index contributed by atoms with van der Waals surface area (Å²) in [5, 5.41) is 5.99. The minimum Gasteiger partial charge on any atom is -0.493 e. The minimum atomic E-state index is -0.164. The van der Waals surface area contributed by atoms with Crippen molar-refractivity contribution in [2.24, 2.45) is 5.92 Å². The molecule has 0 aliphatic rings. The van der Waals surface area contributed by atoms with E-state index < -0.39 is 0 Å². The van der Waals surface area contributed by atoms with Crippen molar-refractivity contribution >= 4 is 22.9 Å². The number of rotatable bonds is 7.